The van der Waals surface area contributed by atoms with Gasteiger partial charge in [-0.3, -0.25) is 4.79 Å². The number of benzene rings is 1. The molecule has 7 nitrogen and oxygen atoms in total. The van der Waals surface area contributed by atoms with Crippen LogP contribution in [0.2, 0.25) is 0 Å². The maximum Gasteiger partial charge on any atom is 0.335 e. The van der Waals surface area contributed by atoms with Gasteiger partial charge in [-0.05, 0) is 23.6 Å². The van der Waals surface area contributed by atoms with Crippen molar-refractivity contribution in [3.63, 3.8) is 0 Å². The third kappa shape index (κ3) is 4.28. The molecule has 0 aromatic heterocycles. The number of aromatic carboxylic acids is 2. The topological polar surface area (TPSA) is 130 Å². The number of hydrogen-bond donors (Lipinski definition) is 4. The summed E-state index contributed by atoms with van der Waals surface area (Å²) < 4.78 is 0. The zero-order valence-corrected chi connectivity index (χ0v) is 12.0. The van der Waals surface area contributed by atoms with Gasteiger partial charge in [0.2, 0.25) is 5.91 Å². The smallest absolute Gasteiger partial charge is 0.335 e. The molecule has 0 aliphatic carbocycles. The minimum absolute atomic E-state index is 0.0806. The third-order valence-electron chi connectivity index (χ3n) is 2.91. The minimum Gasteiger partial charge on any atom is -0.478 e. The summed E-state index contributed by atoms with van der Waals surface area (Å²) in [5.41, 5.74) is 4.94. The van der Waals surface area contributed by atoms with E-state index in [1.807, 2.05) is 0 Å². The number of nitrogens with one attached hydrogen (secondary N) is 1. The Morgan fingerprint density at radius 2 is 1.48 bits per heavy atom. The highest BCUT2D eigenvalue weighted by Crippen LogP contribution is 2.20. The summed E-state index contributed by atoms with van der Waals surface area (Å²) in [5.74, 6) is -3.08. The molecule has 0 saturated carbocycles. The molecule has 0 spiro atoms. The van der Waals surface area contributed by atoms with Crippen LogP contribution in [-0.4, -0.2) is 34.1 Å². The van der Waals surface area contributed by atoms with Crippen LogP contribution in [0.4, 0.5) is 5.69 Å². The average molecular weight is 294 g/mol. The Hall–Kier alpha value is -2.41. The lowest BCUT2D eigenvalue weighted by molar-refractivity contribution is -0.119. The van der Waals surface area contributed by atoms with E-state index in [0.29, 0.717) is 0 Å². The van der Waals surface area contributed by atoms with Crippen LogP contribution in [0.25, 0.3) is 0 Å². The molecule has 1 aromatic carbocycles. The Balaban J connectivity index is 3.11. The highest BCUT2D eigenvalue weighted by molar-refractivity contribution is 6.00. The fourth-order valence-electron chi connectivity index (χ4n) is 1.56. The molecule has 114 valence electrons. The van der Waals surface area contributed by atoms with Crippen LogP contribution in [0.1, 0.15) is 41.5 Å². The fourth-order valence-corrected chi connectivity index (χ4v) is 1.56. The van der Waals surface area contributed by atoms with E-state index in [0.717, 1.165) is 6.07 Å². The summed E-state index contributed by atoms with van der Waals surface area (Å²) in [6.45, 7) is 5.36. The molecule has 0 saturated heterocycles. The number of nitrogens with two attached hydrogens (primary N) is 1. The van der Waals surface area contributed by atoms with Gasteiger partial charge >= 0.3 is 11.9 Å². The number of carboxylic acid groups (broad SMARTS) is 2. The summed E-state index contributed by atoms with van der Waals surface area (Å²) in [6.07, 6.45) is 0. The quantitative estimate of drug-likeness (QED) is 0.664. The van der Waals surface area contributed by atoms with Crippen LogP contribution in [0.5, 0.6) is 0 Å². The average Bonchev–Trinajstić information content (AvgIpc) is 2.36. The first-order valence-electron chi connectivity index (χ1n) is 6.20. The number of anilines is 1. The van der Waals surface area contributed by atoms with Crippen LogP contribution in [0.3, 0.4) is 0 Å². The number of carboxylic acids is 2. The summed E-state index contributed by atoms with van der Waals surface area (Å²) >= 11 is 0. The van der Waals surface area contributed by atoms with Crippen LogP contribution in [0, 0.1) is 5.41 Å². The van der Waals surface area contributed by atoms with Crippen molar-refractivity contribution >= 4 is 23.5 Å². The molecule has 0 aliphatic rings. The third-order valence-corrected chi connectivity index (χ3v) is 2.91. The van der Waals surface area contributed by atoms with Crippen molar-refractivity contribution in [2.45, 2.75) is 26.8 Å². The standard InChI is InChI=1S/C14H18N2O5/c1-14(2,3)10(15)11(17)16-9-5-7(12(18)19)4-8(6-9)13(20)21/h4-6,10H,15H2,1-3H3,(H,16,17)(H,18,19)(H,20,21). The lowest BCUT2D eigenvalue weighted by atomic mass is 9.87. The van der Waals surface area contributed by atoms with Crippen molar-refractivity contribution in [3.8, 4) is 0 Å². The van der Waals surface area contributed by atoms with E-state index in [4.69, 9.17) is 15.9 Å². The fraction of sp³-hybridized carbons (Fsp3) is 0.357. The van der Waals surface area contributed by atoms with Gasteiger partial charge in [-0.2, -0.15) is 0 Å². The molecule has 1 aromatic rings. The summed E-state index contributed by atoms with van der Waals surface area (Å²) in [5, 5.41) is 20.4. The lowest BCUT2D eigenvalue weighted by Crippen LogP contribution is -2.45. The van der Waals surface area contributed by atoms with E-state index in [9.17, 15) is 14.4 Å². The molecule has 0 fully saturated rings. The van der Waals surface area contributed by atoms with Gasteiger partial charge in [0.25, 0.3) is 0 Å². The Labute approximate surface area is 121 Å². The number of carbonyl (C=O) groups is 3. The Morgan fingerprint density at radius 3 is 1.81 bits per heavy atom. The van der Waals surface area contributed by atoms with Crippen LogP contribution < -0.4 is 11.1 Å². The van der Waals surface area contributed by atoms with Crippen molar-refractivity contribution in [2.24, 2.45) is 11.1 Å². The van der Waals surface area contributed by atoms with Crippen LogP contribution in [0.15, 0.2) is 18.2 Å². The molecule has 1 atom stereocenters. The molecule has 1 amide bonds. The maximum atomic E-state index is 12.0. The predicted octanol–water partition coefficient (Wildman–Crippen LogP) is 1.39. The number of hydrogen-bond acceptors (Lipinski definition) is 4. The number of amides is 1. The van der Waals surface area contributed by atoms with Crippen molar-refractivity contribution in [2.75, 3.05) is 5.32 Å². The zero-order chi connectivity index (χ0) is 16.4. The van der Waals surface area contributed by atoms with Crippen LogP contribution in [-0.2, 0) is 4.79 Å². The van der Waals surface area contributed by atoms with Gasteiger partial charge in [0.05, 0.1) is 17.2 Å². The van der Waals surface area contributed by atoms with Crippen molar-refractivity contribution in [1.82, 2.24) is 0 Å². The van der Waals surface area contributed by atoms with Gasteiger partial charge in [-0.1, -0.05) is 20.8 Å². The van der Waals surface area contributed by atoms with Crippen molar-refractivity contribution in [1.29, 1.82) is 0 Å². The largest absolute Gasteiger partial charge is 0.478 e. The first-order chi connectivity index (χ1) is 9.52. The normalized spacial score (nSPS) is 12.6. The maximum absolute atomic E-state index is 12.0. The van der Waals surface area contributed by atoms with E-state index < -0.39 is 29.3 Å². The van der Waals surface area contributed by atoms with E-state index >= 15 is 0 Å². The molecular weight excluding hydrogens is 276 g/mol. The molecule has 0 heterocycles. The molecule has 21 heavy (non-hydrogen) atoms. The summed E-state index contributed by atoms with van der Waals surface area (Å²) in [6, 6.07) is 2.56. The van der Waals surface area contributed by atoms with Gasteiger partial charge in [0.15, 0.2) is 0 Å². The van der Waals surface area contributed by atoms with Gasteiger partial charge in [0.1, 0.15) is 0 Å². The predicted molar refractivity (Wildman–Crippen MR) is 76.4 cm³/mol. The SMILES string of the molecule is CC(C)(C)C(N)C(=O)Nc1cc(C(=O)O)cc(C(=O)O)c1. The Kier molecular flexibility index (Phi) is 4.69. The Morgan fingerprint density at radius 1 is 1.05 bits per heavy atom. The van der Waals surface area contributed by atoms with Gasteiger partial charge in [0, 0.05) is 5.69 Å². The second-order valence-corrected chi connectivity index (χ2v) is 5.74. The van der Waals surface area contributed by atoms with Crippen molar-refractivity contribution in [3.05, 3.63) is 29.3 Å². The second-order valence-electron chi connectivity index (χ2n) is 5.74. The highest BCUT2D eigenvalue weighted by atomic mass is 16.4. The molecule has 0 radical (unpaired) electrons. The molecule has 1 unspecified atom stereocenters. The van der Waals surface area contributed by atoms with E-state index in [1.54, 1.807) is 20.8 Å². The van der Waals surface area contributed by atoms with E-state index in [2.05, 4.69) is 5.32 Å². The summed E-state index contributed by atoms with van der Waals surface area (Å²) in [7, 11) is 0. The lowest BCUT2D eigenvalue weighted by Gasteiger charge is -2.25. The highest BCUT2D eigenvalue weighted by Gasteiger charge is 2.27. The number of rotatable bonds is 4. The first-order valence-corrected chi connectivity index (χ1v) is 6.20. The molecule has 1 rings (SSSR count). The molecular formula is C14H18N2O5. The zero-order valence-electron chi connectivity index (χ0n) is 12.0. The van der Waals surface area contributed by atoms with Gasteiger partial charge < -0.3 is 21.3 Å². The minimum atomic E-state index is -1.28. The monoisotopic (exact) mass is 294 g/mol. The summed E-state index contributed by atoms with van der Waals surface area (Å²) in [4.78, 5) is 33.9. The molecule has 0 aliphatic heterocycles. The molecule has 0 bridgehead atoms. The molecule has 5 N–H and O–H groups in total. The molecule has 7 heteroatoms. The first kappa shape index (κ1) is 16.6. The van der Waals surface area contributed by atoms with E-state index in [1.165, 1.54) is 12.1 Å². The van der Waals surface area contributed by atoms with E-state index in [-0.39, 0.29) is 16.8 Å². The van der Waals surface area contributed by atoms with Crippen LogP contribution >= 0.6 is 0 Å². The number of carbonyl (C=O) groups excluding carboxylic acids is 1. The second kappa shape index (κ2) is 5.92. The Bertz CT molecular complexity index is 557. The van der Waals surface area contributed by atoms with Gasteiger partial charge in [-0.25, -0.2) is 9.59 Å². The van der Waals surface area contributed by atoms with Crippen molar-refractivity contribution < 1.29 is 24.6 Å². The van der Waals surface area contributed by atoms with Gasteiger partial charge in [-0.15, -0.1) is 0 Å².